The molecular formula is C16H20F2N2O2S. The third-order valence-corrected chi connectivity index (χ3v) is 5.26. The van der Waals surface area contributed by atoms with Crippen molar-refractivity contribution >= 4 is 29.3 Å². The quantitative estimate of drug-likeness (QED) is 0.856. The van der Waals surface area contributed by atoms with E-state index in [-0.39, 0.29) is 6.04 Å². The number of hydrogen-bond acceptors (Lipinski definition) is 3. The molecule has 1 aromatic rings. The van der Waals surface area contributed by atoms with E-state index >= 15 is 0 Å². The van der Waals surface area contributed by atoms with Gasteiger partial charge in [0.05, 0.1) is 0 Å². The highest BCUT2D eigenvalue weighted by Gasteiger charge is 2.32. The summed E-state index contributed by atoms with van der Waals surface area (Å²) in [7, 11) is 1.56. The van der Waals surface area contributed by atoms with Gasteiger partial charge in [-0.15, -0.1) is 0 Å². The van der Waals surface area contributed by atoms with E-state index in [4.69, 9.17) is 0 Å². The van der Waals surface area contributed by atoms with Gasteiger partial charge in [0, 0.05) is 18.3 Å². The topological polar surface area (TPSA) is 49.4 Å². The number of amides is 2. The molecule has 1 N–H and O–H groups in total. The summed E-state index contributed by atoms with van der Waals surface area (Å²) in [6.07, 6.45) is 2.67. The zero-order valence-corrected chi connectivity index (χ0v) is 14.0. The van der Waals surface area contributed by atoms with E-state index in [0.29, 0.717) is 5.25 Å². The van der Waals surface area contributed by atoms with Crippen molar-refractivity contribution in [3.63, 3.8) is 0 Å². The van der Waals surface area contributed by atoms with Crippen molar-refractivity contribution < 1.29 is 18.4 Å². The molecule has 0 spiro atoms. The largest absolute Gasteiger partial charge is 0.334 e. The zero-order chi connectivity index (χ0) is 17.0. The summed E-state index contributed by atoms with van der Waals surface area (Å²) in [5.74, 6) is -2.60. The van der Waals surface area contributed by atoms with Gasteiger partial charge in [0.1, 0.15) is 17.3 Å². The molecule has 0 heterocycles. The third kappa shape index (κ3) is 4.22. The molecule has 23 heavy (non-hydrogen) atoms. The van der Waals surface area contributed by atoms with Crippen molar-refractivity contribution in [3.05, 3.63) is 29.8 Å². The predicted molar refractivity (Wildman–Crippen MR) is 87.3 cm³/mol. The lowest BCUT2D eigenvalue weighted by molar-refractivity contribution is -0.143. The standard InChI is InChI=1S/C16H20F2N2O2S/c1-3-23-11-8-7-10(9-11)20(2)16(22)15(21)19-14-12(17)5-4-6-13(14)18/h4-6,10-11H,3,7-9H2,1-2H3,(H,19,21)/t10-,11-/m0/s1. The van der Waals surface area contributed by atoms with Crippen LogP contribution in [0.5, 0.6) is 0 Å². The highest BCUT2D eigenvalue weighted by atomic mass is 32.2. The van der Waals surface area contributed by atoms with Crippen LogP contribution < -0.4 is 5.32 Å². The number of nitrogens with one attached hydrogen (secondary N) is 1. The molecule has 1 aliphatic rings. The second kappa shape index (κ2) is 7.77. The summed E-state index contributed by atoms with van der Waals surface area (Å²) in [4.78, 5) is 25.5. The number of hydrogen-bond donors (Lipinski definition) is 1. The number of thioether (sulfide) groups is 1. The Kier molecular flexibility index (Phi) is 5.98. The minimum Gasteiger partial charge on any atom is -0.334 e. The fourth-order valence-corrected chi connectivity index (χ4v) is 3.90. The second-order valence-corrected chi connectivity index (χ2v) is 7.09. The number of para-hydroxylation sites is 1. The lowest BCUT2D eigenvalue weighted by atomic mass is 10.2. The van der Waals surface area contributed by atoms with Crippen LogP contribution in [0.1, 0.15) is 26.2 Å². The normalized spacial score (nSPS) is 20.3. The molecular weight excluding hydrogens is 322 g/mol. The maximum absolute atomic E-state index is 13.5. The van der Waals surface area contributed by atoms with E-state index in [9.17, 15) is 18.4 Å². The van der Waals surface area contributed by atoms with Crippen LogP contribution in [-0.2, 0) is 9.59 Å². The number of likely N-dealkylation sites (N-methyl/N-ethyl adjacent to an activating group) is 1. The van der Waals surface area contributed by atoms with Crippen LogP contribution in [0, 0.1) is 11.6 Å². The van der Waals surface area contributed by atoms with Crippen molar-refractivity contribution in [2.45, 2.75) is 37.5 Å². The number of halogens is 2. The summed E-state index contributed by atoms with van der Waals surface area (Å²) in [5.41, 5.74) is -0.593. The fourth-order valence-electron chi connectivity index (χ4n) is 2.77. The predicted octanol–water partition coefficient (Wildman–Crippen LogP) is 3.04. The number of rotatable bonds is 4. The molecule has 2 amide bonds. The lowest BCUT2D eigenvalue weighted by Gasteiger charge is -2.24. The molecule has 0 aliphatic heterocycles. The van der Waals surface area contributed by atoms with Crippen LogP contribution in [0.4, 0.5) is 14.5 Å². The monoisotopic (exact) mass is 342 g/mol. The number of anilines is 1. The van der Waals surface area contributed by atoms with Crippen LogP contribution in [-0.4, -0.2) is 40.8 Å². The van der Waals surface area contributed by atoms with Crippen LogP contribution in [0.15, 0.2) is 18.2 Å². The maximum Gasteiger partial charge on any atom is 0.314 e. The SMILES string of the molecule is CCS[C@H]1CC[C@H](N(C)C(=O)C(=O)Nc2c(F)cccc2F)C1. The van der Waals surface area contributed by atoms with Gasteiger partial charge < -0.3 is 10.2 Å². The average Bonchev–Trinajstić information content (AvgIpc) is 2.98. The van der Waals surface area contributed by atoms with Crippen molar-refractivity contribution in [3.8, 4) is 0 Å². The van der Waals surface area contributed by atoms with E-state index in [1.54, 1.807) is 7.05 Å². The number of nitrogens with zero attached hydrogens (tertiary/aromatic N) is 1. The molecule has 1 aromatic carbocycles. The second-order valence-electron chi connectivity index (χ2n) is 5.51. The van der Waals surface area contributed by atoms with E-state index in [1.807, 2.05) is 17.1 Å². The summed E-state index contributed by atoms with van der Waals surface area (Å²) in [6.45, 7) is 2.09. The van der Waals surface area contributed by atoms with E-state index in [0.717, 1.165) is 37.1 Å². The number of carbonyl (C=O) groups is 2. The Labute approximate surface area is 138 Å². The maximum atomic E-state index is 13.5. The van der Waals surface area contributed by atoms with Gasteiger partial charge in [-0.3, -0.25) is 9.59 Å². The Morgan fingerprint density at radius 2 is 1.96 bits per heavy atom. The van der Waals surface area contributed by atoms with Gasteiger partial charge in [0.25, 0.3) is 0 Å². The molecule has 0 bridgehead atoms. The van der Waals surface area contributed by atoms with Crippen molar-refractivity contribution in [1.29, 1.82) is 0 Å². The summed E-state index contributed by atoms with van der Waals surface area (Å²) in [6, 6.07) is 3.23. The molecule has 1 fully saturated rings. The van der Waals surface area contributed by atoms with Crippen molar-refractivity contribution in [2.75, 3.05) is 18.1 Å². The minimum atomic E-state index is -1.02. The first-order chi connectivity index (χ1) is 10.9. The smallest absolute Gasteiger partial charge is 0.314 e. The van der Waals surface area contributed by atoms with Gasteiger partial charge in [-0.2, -0.15) is 11.8 Å². The molecule has 2 rings (SSSR count). The summed E-state index contributed by atoms with van der Waals surface area (Å²) < 4.78 is 27.1. The molecule has 7 heteroatoms. The van der Waals surface area contributed by atoms with Gasteiger partial charge in [-0.25, -0.2) is 8.78 Å². The Balaban J connectivity index is 1.98. The Bertz CT molecular complexity index is 577. The fraction of sp³-hybridized carbons (Fsp3) is 0.500. The van der Waals surface area contributed by atoms with Crippen molar-refractivity contribution in [1.82, 2.24) is 4.90 Å². The van der Waals surface area contributed by atoms with E-state index in [1.165, 1.54) is 11.0 Å². The van der Waals surface area contributed by atoms with Gasteiger partial charge in [-0.1, -0.05) is 13.0 Å². The van der Waals surface area contributed by atoms with Gasteiger partial charge in [-0.05, 0) is 37.1 Å². The third-order valence-electron chi connectivity index (χ3n) is 4.02. The molecule has 4 nitrogen and oxygen atoms in total. The number of benzene rings is 1. The first-order valence-corrected chi connectivity index (χ1v) is 8.62. The molecule has 0 aromatic heterocycles. The van der Waals surface area contributed by atoms with Gasteiger partial charge in [0.15, 0.2) is 0 Å². The molecule has 1 aliphatic carbocycles. The minimum absolute atomic E-state index is 0.0113. The molecule has 2 atom stereocenters. The van der Waals surface area contributed by atoms with E-state index in [2.05, 4.69) is 6.92 Å². The van der Waals surface area contributed by atoms with Crippen molar-refractivity contribution in [2.24, 2.45) is 0 Å². The zero-order valence-electron chi connectivity index (χ0n) is 13.1. The van der Waals surface area contributed by atoms with Gasteiger partial charge >= 0.3 is 11.8 Å². The summed E-state index contributed by atoms with van der Waals surface area (Å²) in [5, 5.41) is 2.53. The highest BCUT2D eigenvalue weighted by Crippen LogP contribution is 2.32. The first-order valence-electron chi connectivity index (χ1n) is 7.57. The highest BCUT2D eigenvalue weighted by molar-refractivity contribution is 7.99. The Hall–Kier alpha value is -1.63. The van der Waals surface area contributed by atoms with Gasteiger partial charge in [0.2, 0.25) is 0 Å². The molecule has 0 saturated heterocycles. The summed E-state index contributed by atoms with van der Waals surface area (Å²) >= 11 is 1.85. The lowest BCUT2D eigenvalue weighted by Crippen LogP contribution is -2.42. The molecule has 126 valence electrons. The van der Waals surface area contributed by atoms with Crippen LogP contribution in [0.2, 0.25) is 0 Å². The Morgan fingerprint density at radius 1 is 1.30 bits per heavy atom. The number of carbonyl (C=O) groups excluding carboxylic acids is 2. The molecule has 1 saturated carbocycles. The first kappa shape index (κ1) is 17.7. The Morgan fingerprint density at radius 3 is 2.57 bits per heavy atom. The van der Waals surface area contributed by atoms with E-state index < -0.39 is 29.1 Å². The van der Waals surface area contributed by atoms with Crippen LogP contribution in [0.25, 0.3) is 0 Å². The van der Waals surface area contributed by atoms with Crippen LogP contribution in [0.3, 0.4) is 0 Å². The average molecular weight is 342 g/mol. The molecule has 0 unspecified atom stereocenters. The van der Waals surface area contributed by atoms with Crippen LogP contribution >= 0.6 is 11.8 Å². The molecule has 0 radical (unpaired) electrons.